The summed E-state index contributed by atoms with van der Waals surface area (Å²) >= 11 is 0. The Morgan fingerprint density at radius 2 is 1.11 bits per heavy atom. The van der Waals surface area contributed by atoms with Gasteiger partial charge >= 0.3 is 0 Å². The average Bonchev–Trinajstić information content (AvgIpc) is 2.39. The Balaban J connectivity index is 2.27. The Bertz CT molecular complexity index is 258. The molecule has 0 saturated carbocycles. The molecule has 0 aromatic heterocycles. The van der Waals surface area contributed by atoms with Gasteiger partial charge in [0.1, 0.15) is 0 Å². The molecule has 0 aliphatic carbocycles. The first-order valence-corrected chi connectivity index (χ1v) is 7.64. The van der Waals surface area contributed by atoms with Crippen molar-refractivity contribution in [1.82, 2.24) is 0 Å². The predicted molar refractivity (Wildman–Crippen MR) is 73.1 cm³/mol. The summed E-state index contributed by atoms with van der Waals surface area (Å²) in [6.07, 6.45) is 6.94. The SMILES string of the molecule is CCC(C)([N+]1([O-])CCCCC1)[N+]1([O-])CCCCC1. The highest BCUT2D eigenvalue weighted by Crippen LogP contribution is 2.41. The van der Waals surface area contributed by atoms with Crippen LogP contribution >= 0.6 is 0 Å². The second-order valence-electron chi connectivity index (χ2n) is 6.36. The van der Waals surface area contributed by atoms with Crippen molar-refractivity contribution < 1.29 is 9.29 Å². The summed E-state index contributed by atoms with van der Waals surface area (Å²) in [5, 5.41) is 26.4. The quantitative estimate of drug-likeness (QED) is 0.575. The van der Waals surface area contributed by atoms with Crippen LogP contribution in [0.5, 0.6) is 0 Å². The zero-order valence-corrected chi connectivity index (χ0v) is 12.0. The summed E-state index contributed by atoms with van der Waals surface area (Å²) in [7, 11) is 0. The molecule has 4 heteroatoms. The minimum Gasteiger partial charge on any atom is -0.628 e. The first-order valence-electron chi connectivity index (χ1n) is 7.64. The van der Waals surface area contributed by atoms with Gasteiger partial charge in [0.2, 0.25) is 5.66 Å². The van der Waals surface area contributed by atoms with E-state index in [1.165, 1.54) is 0 Å². The Hall–Kier alpha value is -0.160. The van der Waals surface area contributed by atoms with Gasteiger partial charge in [-0.2, -0.15) is 0 Å². The first-order chi connectivity index (χ1) is 8.47. The van der Waals surface area contributed by atoms with E-state index in [0.29, 0.717) is 32.6 Å². The van der Waals surface area contributed by atoms with Crippen LogP contribution in [0.2, 0.25) is 0 Å². The van der Waals surface area contributed by atoms with Crippen LogP contribution in [0.15, 0.2) is 0 Å². The van der Waals surface area contributed by atoms with Crippen molar-refractivity contribution in [3.05, 3.63) is 10.4 Å². The molecule has 2 aliphatic rings. The van der Waals surface area contributed by atoms with Crippen molar-refractivity contribution in [1.29, 1.82) is 0 Å². The van der Waals surface area contributed by atoms with Gasteiger partial charge in [0.05, 0.1) is 32.6 Å². The molecular formula is C14H28N2O2. The largest absolute Gasteiger partial charge is 0.628 e. The molecule has 0 radical (unpaired) electrons. The maximum atomic E-state index is 13.2. The normalized spacial score (nSPS) is 28.0. The van der Waals surface area contributed by atoms with E-state index in [2.05, 4.69) is 0 Å². The molecule has 4 nitrogen and oxygen atoms in total. The lowest BCUT2D eigenvalue weighted by Gasteiger charge is -2.66. The molecule has 0 atom stereocenters. The van der Waals surface area contributed by atoms with E-state index in [0.717, 1.165) is 38.5 Å². The van der Waals surface area contributed by atoms with Crippen LogP contribution in [0.3, 0.4) is 0 Å². The number of piperidine rings is 2. The second-order valence-corrected chi connectivity index (χ2v) is 6.36. The lowest BCUT2D eigenvalue weighted by Crippen LogP contribution is -2.75. The summed E-state index contributed by atoms with van der Waals surface area (Å²) in [6, 6.07) is 0. The highest BCUT2D eigenvalue weighted by atomic mass is 16.6. The fraction of sp³-hybridized carbons (Fsp3) is 1.00. The van der Waals surface area contributed by atoms with Crippen LogP contribution in [0.25, 0.3) is 0 Å². The van der Waals surface area contributed by atoms with Gasteiger partial charge in [-0.1, -0.05) is 6.92 Å². The fourth-order valence-corrected chi connectivity index (χ4v) is 3.92. The van der Waals surface area contributed by atoms with Crippen molar-refractivity contribution in [3.8, 4) is 0 Å². The molecule has 2 saturated heterocycles. The summed E-state index contributed by atoms with van der Waals surface area (Å²) in [4.78, 5) is 0. The van der Waals surface area contributed by atoms with Crippen LogP contribution < -0.4 is 0 Å². The van der Waals surface area contributed by atoms with E-state index in [-0.39, 0.29) is 9.29 Å². The number of nitrogens with zero attached hydrogens (tertiary/aromatic N) is 2. The monoisotopic (exact) mass is 256 g/mol. The Kier molecular flexibility index (Phi) is 4.02. The molecule has 0 unspecified atom stereocenters. The summed E-state index contributed by atoms with van der Waals surface area (Å²) < 4.78 is -0.486. The molecule has 0 aromatic rings. The van der Waals surface area contributed by atoms with Crippen molar-refractivity contribution in [3.63, 3.8) is 0 Å². The molecule has 0 aromatic carbocycles. The third-order valence-corrected chi connectivity index (χ3v) is 5.50. The second kappa shape index (κ2) is 5.08. The first kappa shape index (κ1) is 14.3. The van der Waals surface area contributed by atoms with E-state index < -0.39 is 5.66 Å². The van der Waals surface area contributed by atoms with Gasteiger partial charge in [-0.3, -0.25) is 0 Å². The topological polar surface area (TPSA) is 46.1 Å². The number of hydrogen-bond acceptors (Lipinski definition) is 2. The molecular weight excluding hydrogens is 228 g/mol. The van der Waals surface area contributed by atoms with Crippen LogP contribution in [0.1, 0.15) is 58.8 Å². The lowest BCUT2D eigenvalue weighted by molar-refractivity contribution is -1.13. The van der Waals surface area contributed by atoms with Gasteiger partial charge in [0.15, 0.2) is 0 Å². The van der Waals surface area contributed by atoms with Gasteiger partial charge in [-0.05, 0) is 38.5 Å². The number of rotatable bonds is 3. The maximum Gasteiger partial charge on any atom is 0.221 e. The fourth-order valence-electron chi connectivity index (χ4n) is 3.92. The molecule has 2 aliphatic heterocycles. The van der Waals surface area contributed by atoms with E-state index in [1.54, 1.807) is 0 Å². The summed E-state index contributed by atoms with van der Waals surface area (Å²) in [6.45, 7) is 6.57. The van der Waals surface area contributed by atoms with Gasteiger partial charge in [0.25, 0.3) is 0 Å². The minimum atomic E-state index is -0.680. The maximum absolute atomic E-state index is 13.2. The van der Waals surface area contributed by atoms with Gasteiger partial charge in [-0.25, -0.2) is 0 Å². The molecule has 0 bridgehead atoms. The number of quaternary nitrogens is 2. The zero-order valence-electron chi connectivity index (χ0n) is 12.0. The summed E-state index contributed by atoms with van der Waals surface area (Å²) in [5.41, 5.74) is -0.680. The van der Waals surface area contributed by atoms with Crippen molar-refractivity contribution in [2.45, 2.75) is 64.5 Å². The Labute approximate surface area is 111 Å². The molecule has 2 fully saturated rings. The molecule has 0 spiro atoms. The standard InChI is InChI=1S/C14H28N2O2/c1-3-14(2,15(17)10-6-4-7-11-15)16(18)12-8-5-9-13-16/h3-13H2,1-2H3. The minimum absolute atomic E-state index is 0.243. The predicted octanol–water partition coefficient (Wildman–Crippen LogP) is 3.11. The van der Waals surface area contributed by atoms with E-state index >= 15 is 0 Å². The van der Waals surface area contributed by atoms with E-state index in [4.69, 9.17) is 0 Å². The summed E-state index contributed by atoms with van der Waals surface area (Å²) in [5.74, 6) is 0. The van der Waals surface area contributed by atoms with Gasteiger partial charge in [-0.15, -0.1) is 0 Å². The molecule has 18 heavy (non-hydrogen) atoms. The Morgan fingerprint density at radius 1 is 0.778 bits per heavy atom. The lowest BCUT2D eigenvalue weighted by atomic mass is 9.95. The van der Waals surface area contributed by atoms with Crippen molar-refractivity contribution >= 4 is 0 Å². The molecule has 106 valence electrons. The van der Waals surface area contributed by atoms with Crippen molar-refractivity contribution in [2.24, 2.45) is 0 Å². The smallest absolute Gasteiger partial charge is 0.221 e. The van der Waals surface area contributed by atoms with Crippen LogP contribution in [0, 0.1) is 10.4 Å². The van der Waals surface area contributed by atoms with Crippen LogP contribution in [-0.4, -0.2) is 41.1 Å². The third kappa shape index (κ3) is 2.09. The molecule has 2 rings (SSSR count). The number of hydroxylamine groups is 6. The van der Waals surface area contributed by atoms with E-state index in [9.17, 15) is 10.4 Å². The third-order valence-electron chi connectivity index (χ3n) is 5.50. The molecule has 0 N–H and O–H groups in total. The van der Waals surface area contributed by atoms with Gasteiger partial charge < -0.3 is 19.7 Å². The van der Waals surface area contributed by atoms with Crippen molar-refractivity contribution in [2.75, 3.05) is 26.2 Å². The number of likely N-dealkylation sites (tertiary alicyclic amines) is 2. The number of hydrogen-bond donors (Lipinski definition) is 0. The Morgan fingerprint density at radius 3 is 1.39 bits per heavy atom. The van der Waals surface area contributed by atoms with E-state index in [1.807, 2.05) is 13.8 Å². The van der Waals surface area contributed by atoms with Crippen LogP contribution in [0.4, 0.5) is 0 Å². The highest BCUT2D eigenvalue weighted by molar-refractivity contribution is 4.73. The zero-order chi connectivity index (χ0) is 13.3. The average molecular weight is 256 g/mol. The molecule has 0 amide bonds. The van der Waals surface area contributed by atoms with Gasteiger partial charge in [0, 0.05) is 6.92 Å². The molecule has 2 heterocycles. The van der Waals surface area contributed by atoms with Crippen LogP contribution in [-0.2, 0) is 0 Å². The highest BCUT2D eigenvalue weighted by Gasteiger charge is 2.52.